The van der Waals surface area contributed by atoms with Gasteiger partial charge in [-0.3, -0.25) is 10.1 Å². The van der Waals surface area contributed by atoms with Gasteiger partial charge >= 0.3 is 0 Å². The number of nitro groups is 1. The molecule has 2 N–H and O–H groups in total. The number of non-ortho nitro benzene ring substituents is 1. The SMILES string of the molecule is N[SH](=O)=O.O=[N+]([O-])c1cccc(F)c1. The van der Waals surface area contributed by atoms with Gasteiger partial charge in [-0.25, -0.2) is 17.9 Å². The molecular weight excluding hydrogens is 215 g/mol. The first-order valence-electron chi connectivity index (χ1n) is 3.22. The molecule has 0 radical (unpaired) electrons. The number of hydrogen-bond donors (Lipinski definition) is 2. The van der Waals surface area contributed by atoms with Crippen LogP contribution in [0.5, 0.6) is 0 Å². The smallest absolute Gasteiger partial charge is 0.258 e. The van der Waals surface area contributed by atoms with Gasteiger partial charge in [0.1, 0.15) is 5.82 Å². The Morgan fingerprint density at radius 1 is 1.43 bits per heavy atom. The average Bonchev–Trinajstić information content (AvgIpc) is 2.03. The van der Waals surface area contributed by atoms with Crippen molar-refractivity contribution in [1.29, 1.82) is 0 Å². The third-order valence-corrected chi connectivity index (χ3v) is 1.02. The predicted octanol–water partition coefficient (Wildman–Crippen LogP) is 0.205. The minimum absolute atomic E-state index is 0.222. The zero-order valence-electron chi connectivity index (χ0n) is 6.79. The number of benzene rings is 1. The summed E-state index contributed by atoms with van der Waals surface area (Å²) in [5, 5.41) is 14.1. The summed E-state index contributed by atoms with van der Waals surface area (Å²) in [4.78, 5) is 9.36. The molecule has 0 aliphatic heterocycles. The van der Waals surface area contributed by atoms with Gasteiger partial charge in [-0.2, -0.15) is 0 Å². The monoisotopic (exact) mass is 222 g/mol. The summed E-state index contributed by atoms with van der Waals surface area (Å²) in [6, 6.07) is 4.57. The van der Waals surface area contributed by atoms with Crippen molar-refractivity contribution in [1.82, 2.24) is 0 Å². The van der Waals surface area contributed by atoms with Crippen molar-refractivity contribution in [2.45, 2.75) is 0 Å². The van der Waals surface area contributed by atoms with Crippen molar-refractivity contribution < 1.29 is 17.7 Å². The van der Waals surface area contributed by atoms with Crippen molar-refractivity contribution >= 4 is 16.6 Å². The maximum Gasteiger partial charge on any atom is 0.272 e. The molecule has 0 atom stereocenters. The number of rotatable bonds is 1. The Balaban J connectivity index is 0.000000364. The molecule has 0 saturated heterocycles. The summed E-state index contributed by atoms with van der Waals surface area (Å²) in [7, 11) is -2.62. The molecule has 0 amide bonds. The van der Waals surface area contributed by atoms with Crippen LogP contribution in [-0.2, 0) is 10.9 Å². The van der Waals surface area contributed by atoms with Crippen LogP contribution in [0, 0.1) is 15.9 Å². The molecule has 1 aromatic carbocycles. The van der Waals surface area contributed by atoms with Gasteiger partial charge in [-0.05, 0) is 6.07 Å². The van der Waals surface area contributed by atoms with Crippen LogP contribution in [0.4, 0.5) is 10.1 Å². The molecule has 0 aromatic heterocycles. The van der Waals surface area contributed by atoms with Crippen LogP contribution in [0.2, 0.25) is 0 Å². The summed E-state index contributed by atoms with van der Waals surface area (Å²) in [6.45, 7) is 0. The molecule has 0 spiro atoms. The highest BCUT2D eigenvalue weighted by Gasteiger charge is 2.03. The number of halogens is 1. The number of nitrogens with two attached hydrogens (primary N) is 1. The highest BCUT2D eigenvalue weighted by Crippen LogP contribution is 2.10. The summed E-state index contributed by atoms with van der Waals surface area (Å²) in [5.74, 6) is -0.589. The van der Waals surface area contributed by atoms with Crippen LogP contribution in [0.1, 0.15) is 0 Å². The molecule has 1 rings (SSSR count). The lowest BCUT2D eigenvalue weighted by Crippen LogP contribution is -1.87. The van der Waals surface area contributed by atoms with Crippen LogP contribution < -0.4 is 5.14 Å². The van der Waals surface area contributed by atoms with E-state index >= 15 is 0 Å². The van der Waals surface area contributed by atoms with Crippen molar-refractivity contribution in [2.24, 2.45) is 5.14 Å². The average molecular weight is 222 g/mol. The van der Waals surface area contributed by atoms with E-state index in [4.69, 9.17) is 8.42 Å². The van der Waals surface area contributed by atoms with Crippen LogP contribution in [0.3, 0.4) is 0 Å². The number of nitro benzene ring substituents is 1. The quantitative estimate of drug-likeness (QED) is 0.402. The topological polar surface area (TPSA) is 103 Å². The standard InChI is InChI=1S/C6H4FNO2.H3NO2S/c7-5-2-1-3-6(4-5)8(9)10;1-4(2)3/h1-4H;4H,(H2,1,2,3). The third kappa shape index (κ3) is 6.03. The molecule has 78 valence electrons. The summed E-state index contributed by atoms with van der Waals surface area (Å²) < 4.78 is 29.9. The van der Waals surface area contributed by atoms with Crippen molar-refractivity contribution in [3.05, 3.63) is 40.2 Å². The Morgan fingerprint density at radius 3 is 2.21 bits per heavy atom. The van der Waals surface area contributed by atoms with E-state index in [1.54, 1.807) is 0 Å². The fourth-order valence-corrected chi connectivity index (χ4v) is 0.590. The molecule has 8 heteroatoms. The number of nitrogens with zero attached hydrogens (tertiary/aromatic N) is 1. The molecule has 0 aliphatic rings. The Kier molecular flexibility index (Phi) is 5.34. The Bertz CT molecular complexity index is 385. The molecular formula is C6H7FN2O4S. The Hall–Kier alpha value is -1.54. The molecule has 0 bridgehead atoms. The zero-order valence-corrected chi connectivity index (χ0v) is 7.69. The molecule has 14 heavy (non-hydrogen) atoms. The van der Waals surface area contributed by atoms with E-state index in [-0.39, 0.29) is 5.69 Å². The lowest BCUT2D eigenvalue weighted by Gasteiger charge is -1.88. The van der Waals surface area contributed by atoms with Gasteiger partial charge in [0.05, 0.1) is 11.0 Å². The van der Waals surface area contributed by atoms with Crippen LogP contribution in [0.25, 0.3) is 0 Å². The second kappa shape index (κ2) is 6.00. The van der Waals surface area contributed by atoms with Crippen LogP contribution >= 0.6 is 0 Å². The largest absolute Gasteiger partial charge is 0.272 e. The normalized spacial score (nSPS) is 9.07. The van der Waals surface area contributed by atoms with Crippen molar-refractivity contribution in [3.63, 3.8) is 0 Å². The first-order chi connectivity index (χ1) is 6.43. The molecule has 0 aliphatic carbocycles. The summed E-state index contributed by atoms with van der Waals surface area (Å²) in [6.07, 6.45) is 0. The second-order valence-corrected chi connectivity index (χ2v) is 2.59. The zero-order chi connectivity index (χ0) is 11.1. The maximum atomic E-state index is 12.2. The highest BCUT2D eigenvalue weighted by atomic mass is 32.2. The minimum atomic E-state index is -2.62. The lowest BCUT2D eigenvalue weighted by atomic mass is 10.3. The number of hydrogen-bond acceptors (Lipinski definition) is 4. The molecule has 0 fully saturated rings. The van der Waals surface area contributed by atoms with E-state index in [0.717, 1.165) is 12.1 Å². The summed E-state index contributed by atoms with van der Waals surface area (Å²) in [5.41, 5.74) is -0.222. The molecule has 6 nitrogen and oxygen atoms in total. The van der Waals surface area contributed by atoms with Gasteiger partial charge < -0.3 is 0 Å². The van der Waals surface area contributed by atoms with E-state index in [1.165, 1.54) is 12.1 Å². The van der Waals surface area contributed by atoms with E-state index in [0.29, 0.717) is 0 Å². The van der Waals surface area contributed by atoms with Crippen LogP contribution in [0.15, 0.2) is 24.3 Å². The molecule has 0 heterocycles. The minimum Gasteiger partial charge on any atom is -0.258 e. The van der Waals surface area contributed by atoms with E-state index in [9.17, 15) is 14.5 Å². The molecule has 1 aromatic rings. The third-order valence-electron chi connectivity index (χ3n) is 1.02. The Morgan fingerprint density at radius 2 is 1.93 bits per heavy atom. The maximum absolute atomic E-state index is 12.2. The lowest BCUT2D eigenvalue weighted by molar-refractivity contribution is -0.385. The van der Waals surface area contributed by atoms with Gasteiger partial charge in [-0.1, -0.05) is 6.07 Å². The Labute approximate surface area is 80.4 Å². The van der Waals surface area contributed by atoms with Crippen molar-refractivity contribution in [2.75, 3.05) is 0 Å². The highest BCUT2D eigenvalue weighted by molar-refractivity contribution is 7.69. The second-order valence-electron chi connectivity index (χ2n) is 2.02. The first-order valence-corrected chi connectivity index (χ1v) is 4.47. The van der Waals surface area contributed by atoms with Gasteiger partial charge in [0.15, 0.2) is 10.9 Å². The van der Waals surface area contributed by atoms with E-state index in [1.807, 2.05) is 0 Å². The van der Waals surface area contributed by atoms with Gasteiger partial charge in [0, 0.05) is 6.07 Å². The van der Waals surface area contributed by atoms with Gasteiger partial charge in [-0.15, -0.1) is 0 Å². The van der Waals surface area contributed by atoms with E-state index < -0.39 is 21.6 Å². The fourth-order valence-electron chi connectivity index (χ4n) is 0.590. The fraction of sp³-hybridized carbons (Fsp3) is 0. The number of thiol groups is 1. The van der Waals surface area contributed by atoms with Gasteiger partial charge in [0.25, 0.3) is 5.69 Å². The summed E-state index contributed by atoms with van der Waals surface area (Å²) >= 11 is 0. The molecule has 0 saturated carbocycles. The van der Waals surface area contributed by atoms with Gasteiger partial charge in [0.2, 0.25) is 0 Å². The predicted molar refractivity (Wildman–Crippen MR) is 47.6 cm³/mol. The van der Waals surface area contributed by atoms with E-state index in [2.05, 4.69) is 5.14 Å². The van der Waals surface area contributed by atoms with Crippen molar-refractivity contribution in [3.8, 4) is 0 Å². The molecule has 0 unspecified atom stereocenters. The van der Waals surface area contributed by atoms with Crippen LogP contribution in [-0.4, -0.2) is 13.3 Å². The first kappa shape index (κ1) is 12.5.